The molecule has 0 N–H and O–H groups in total. The van der Waals surface area contributed by atoms with Gasteiger partial charge in [0.2, 0.25) is 0 Å². The van der Waals surface area contributed by atoms with E-state index < -0.39 is 24.1 Å². The number of fused-ring (bicyclic) bond motifs is 3. The Morgan fingerprint density at radius 3 is 2.81 bits per heavy atom. The van der Waals surface area contributed by atoms with Crippen molar-refractivity contribution in [2.45, 2.75) is 25.1 Å². The van der Waals surface area contributed by atoms with E-state index in [0.29, 0.717) is 48.7 Å². The first-order chi connectivity index (χ1) is 15.6. The summed E-state index contributed by atoms with van der Waals surface area (Å²) in [5.74, 6) is -0.00998. The SMILES string of the molecule is O=C1OCCN1c1ccc(-c2cc3c(cc2F)N2C(=O)O[C@@H](Cn4ccnn4)C2C3)cn1. The van der Waals surface area contributed by atoms with Crippen LogP contribution in [0.5, 0.6) is 0 Å². The Morgan fingerprint density at radius 1 is 1.19 bits per heavy atom. The molecule has 3 aliphatic heterocycles. The van der Waals surface area contributed by atoms with E-state index in [-0.39, 0.29) is 6.04 Å². The van der Waals surface area contributed by atoms with Crippen molar-refractivity contribution in [1.29, 1.82) is 0 Å². The van der Waals surface area contributed by atoms with Gasteiger partial charge in [0.25, 0.3) is 0 Å². The highest BCUT2D eigenvalue weighted by atomic mass is 19.1. The number of anilines is 2. The molecule has 2 amide bonds. The Morgan fingerprint density at radius 2 is 2.09 bits per heavy atom. The number of halogens is 1. The van der Waals surface area contributed by atoms with Gasteiger partial charge >= 0.3 is 12.2 Å². The molecule has 11 heteroatoms. The number of amides is 2. The van der Waals surface area contributed by atoms with Crippen molar-refractivity contribution in [1.82, 2.24) is 20.0 Å². The van der Waals surface area contributed by atoms with Crippen molar-refractivity contribution >= 4 is 23.7 Å². The van der Waals surface area contributed by atoms with Gasteiger partial charge in [-0.2, -0.15) is 0 Å². The molecule has 0 saturated carbocycles. The fraction of sp³-hybridized carbons (Fsp3) is 0.286. The molecular formula is C21H17FN6O4. The van der Waals surface area contributed by atoms with Crippen LogP contribution in [0.25, 0.3) is 11.1 Å². The van der Waals surface area contributed by atoms with Gasteiger partial charge in [-0.1, -0.05) is 5.21 Å². The molecule has 32 heavy (non-hydrogen) atoms. The van der Waals surface area contributed by atoms with E-state index >= 15 is 4.39 Å². The predicted octanol–water partition coefficient (Wildman–Crippen LogP) is 2.39. The molecule has 6 rings (SSSR count). The number of aromatic nitrogens is 4. The summed E-state index contributed by atoms with van der Waals surface area (Å²) in [4.78, 5) is 31.5. The number of carbonyl (C=O) groups is 2. The van der Waals surface area contributed by atoms with Crippen LogP contribution in [0.1, 0.15) is 5.56 Å². The van der Waals surface area contributed by atoms with Gasteiger partial charge < -0.3 is 9.47 Å². The van der Waals surface area contributed by atoms with Gasteiger partial charge in [0, 0.05) is 23.5 Å². The van der Waals surface area contributed by atoms with Crippen LogP contribution in [0.2, 0.25) is 0 Å². The van der Waals surface area contributed by atoms with Crippen molar-refractivity contribution in [2.24, 2.45) is 0 Å². The van der Waals surface area contributed by atoms with Crippen LogP contribution in [0.4, 0.5) is 25.5 Å². The minimum absolute atomic E-state index is 0.238. The summed E-state index contributed by atoms with van der Waals surface area (Å²) in [6.45, 7) is 1.13. The average Bonchev–Trinajstić information content (AvgIpc) is 3.56. The molecule has 1 unspecified atom stereocenters. The van der Waals surface area contributed by atoms with Crippen LogP contribution < -0.4 is 9.80 Å². The third-order valence-electron chi connectivity index (χ3n) is 6.00. The Balaban J connectivity index is 1.28. The van der Waals surface area contributed by atoms with Crippen LogP contribution in [0, 0.1) is 5.82 Å². The Bertz CT molecular complexity index is 1220. The molecule has 5 heterocycles. The van der Waals surface area contributed by atoms with Crippen LogP contribution in [0.15, 0.2) is 42.9 Å². The maximum absolute atomic E-state index is 15.1. The van der Waals surface area contributed by atoms with Crippen molar-refractivity contribution in [3.8, 4) is 11.1 Å². The summed E-state index contributed by atoms with van der Waals surface area (Å²) in [6, 6.07) is 6.27. The van der Waals surface area contributed by atoms with Crippen molar-refractivity contribution in [3.05, 3.63) is 54.2 Å². The van der Waals surface area contributed by atoms with E-state index in [0.717, 1.165) is 5.56 Å². The second-order valence-electron chi connectivity index (χ2n) is 7.82. The van der Waals surface area contributed by atoms with E-state index in [2.05, 4.69) is 15.3 Å². The molecule has 2 fully saturated rings. The fourth-order valence-corrected chi connectivity index (χ4v) is 4.49. The summed E-state index contributed by atoms with van der Waals surface area (Å²) < 4.78 is 27.1. The Labute approximate surface area is 181 Å². The monoisotopic (exact) mass is 436 g/mol. The highest BCUT2D eigenvalue weighted by molar-refractivity contribution is 5.94. The second-order valence-corrected chi connectivity index (χ2v) is 7.82. The highest BCUT2D eigenvalue weighted by Crippen LogP contribution is 2.42. The molecule has 0 radical (unpaired) electrons. The lowest BCUT2D eigenvalue weighted by Crippen LogP contribution is -2.35. The lowest BCUT2D eigenvalue weighted by molar-refractivity contribution is 0.117. The normalized spacial score (nSPS) is 21.5. The molecule has 0 spiro atoms. The minimum atomic E-state index is -0.491. The predicted molar refractivity (Wildman–Crippen MR) is 109 cm³/mol. The van der Waals surface area contributed by atoms with Gasteiger partial charge in [0.1, 0.15) is 24.3 Å². The van der Waals surface area contributed by atoms with Crippen molar-refractivity contribution in [2.75, 3.05) is 23.0 Å². The van der Waals surface area contributed by atoms with Crippen molar-refractivity contribution in [3.63, 3.8) is 0 Å². The topological polar surface area (TPSA) is 103 Å². The van der Waals surface area contributed by atoms with E-state index in [4.69, 9.17) is 9.47 Å². The zero-order valence-electron chi connectivity index (χ0n) is 16.7. The van der Waals surface area contributed by atoms with E-state index in [1.807, 2.05) is 0 Å². The van der Waals surface area contributed by atoms with Crippen molar-refractivity contribution < 1.29 is 23.5 Å². The minimum Gasteiger partial charge on any atom is -0.447 e. The molecule has 2 atom stereocenters. The number of ether oxygens (including phenoxy) is 2. The molecule has 3 aromatic rings. The number of nitrogens with zero attached hydrogens (tertiary/aromatic N) is 6. The molecule has 1 aromatic carbocycles. The maximum atomic E-state index is 15.1. The van der Waals surface area contributed by atoms with E-state index in [1.54, 1.807) is 35.3 Å². The van der Waals surface area contributed by atoms with Gasteiger partial charge in [-0.05, 0) is 36.2 Å². The zero-order chi connectivity index (χ0) is 21.8. The Hall–Kier alpha value is -4.02. The van der Waals surface area contributed by atoms with Crippen LogP contribution >= 0.6 is 0 Å². The highest BCUT2D eigenvalue weighted by Gasteiger charge is 2.48. The summed E-state index contributed by atoms with van der Waals surface area (Å²) in [6.07, 6.45) is 3.99. The number of hydrogen-bond donors (Lipinski definition) is 0. The van der Waals surface area contributed by atoms with E-state index in [9.17, 15) is 9.59 Å². The zero-order valence-corrected chi connectivity index (χ0v) is 16.7. The molecule has 0 aliphatic carbocycles. The molecular weight excluding hydrogens is 419 g/mol. The smallest absolute Gasteiger partial charge is 0.415 e. The average molecular weight is 436 g/mol. The Kier molecular flexibility index (Phi) is 4.10. The molecule has 2 aromatic heterocycles. The van der Waals surface area contributed by atoms with Gasteiger partial charge in [-0.15, -0.1) is 5.10 Å². The van der Waals surface area contributed by atoms with Crippen LogP contribution in [-0.2, 0) is 22.4 Å². The number of cyclic esters (lactones) is 2. The quantitative estimate of drug-likeness (QED) is 0.619. The van der Waals surface area contributed by atoms with Gasteiger partial charge in [0.15, 0.2) is 0 Å². The second kappa shape index (κ2) is 7.01. The molecule has 2 saturated heterocycles. The summed E-state index contributed by atoms with van der Waals surface area (Å²) in [5, 5.41) is 7.71. The first-order valence-electron chi connectivity index (χ1n) is 10.2. The number of benzene rings is 1. The molecule has 162 valence electrons. The van der Waals surface area contributed by atoms with Gasteiger partial charge in [0.05, 0.1) is 31.0 Å². The summed E-state index contributed by atoms with van der Waals surface area (Å²) in [7, 11) is 0. The third-order valence-corrected chi connectivity index (χ3v) is 6.00. The number of hydrogen-bond acceptors (Lipinski definition) is 7. The first kappa shape index (κ1) is 18.7. The number of carbonyl (C=O) groups excluding carboxylic acids is 2. The molecule has 3 aliphatic rings. The first-order valence-corrected chi connectivity index (χ1v) is 10.2. The largest absolute Gasteiger partial charge is 0.447 e. The maximum Gasteiger partial charge on any atom is 0.415 e. The van der Waals surface area contributed by atoms with Crippen LogP contribution in [0.3, 0.4) is 0 Å². The summed E-state index contributed by atoms with van der Waals surface area (Å²) >= 11 is 0. The van der Waals surface area contributed by atoms with E-state index in [1.165, 1.54) is 22.1 Å². The third kappa shape index (κ3) is 2.88. The number of pyridine rings is 1. The van der Waals surface area contributed by atoms with Gasteiger partial charge in [-0.3, -0.25) is 9.80 Å². The lowest BCUT2D eigenvalue weighted by Gasteiger charge is -2.16. The fourth-order valence-electron chi connectivity index (χ4n) is 4.49. The summed E-state index contributed by atoms with van der Waals surface area (Å²) in [5.41, 5.74) is 2.34. The molecule has 0 bridgehead atoms. The number of rotatable bonds is 4. The van der Waals surface area contributed by atoms with Crippen LogP contribution in [-0.4, -0.2) is 57.5 Å². The molecule has 10 nitrogen and oxygen atoms in total. The lowest BCUT2D eigenvalue weighted by atomic mass is 10.00. The standard InChI is InChI=1S/C21H17FN6O4/c22-15-9-16-13(8-17-18(32-21(30)28(16)17)11-26-4-3-24-25-26)7-14(15)12-1-2-19(23-10-12)27-5-6-31-20(27)29/h1-4,7,9-10,17-18H,5-6,8,11H2/t17?,18-/m0/s1. The van der Waals surface area contributed by atoms with Gasteiger partial charge in [-0.25, -0.2) is 23.6 Å².